The first kappa shape index (κ1) is 21.6. The van der Waals surface area contributed by atoms with Crippen LogP contribution >= 0.6 is 0 Å². The van der Waals surface area contributed by atoms with Gasteiger partial charge in [-0.3, -0.25) is 9.69 Å². The van der Waals surface area contributed by atoms with Gasteiger partial charge in [-0.25, -0.2) is 4.99 Å². The van der Waals surface area contributed by atoms with E-state index in [1.165, 1.54) is 4.57 Å². The maximum Gasteiger partial charge on any atom is 0.496 e. The van der Waals surface area contributed by atoms with Crippen LogP contribution in [0.2, 0.25) is 0 Å². The van der Waals surface area contributed by atoms with Crippen molar-refractivity contribution in [2.45, 2.75) is 45.8 Å². The number of rotatable bonds is 4. The number of nitrogens with one attached hydrogen (secondary N) is 1. The summed E-state index contributed by atoms with van der Waals surface area (Å²) in [4.78, 5) is 19.3. The number of nitrogens with zero attached hydrogens (tertiary/aromatic N) is 3. The molecule has 29 heavy (non-hydrogen) atoms. The number of aryl methyl sites for hydroxylation is 1. The minimum absolute atomic E-state index is 0.224. The van der Waals surface area contributed by atoms with E-state index < -0.39 is 18.3 Å². The van der Waals surface area contributed by atoms with Crippen molar-refractivity contribution >= 4 is 24.1 Å². The van der Waals surface area contributed by atoms with E-state index in [1.807, 2.05) is 27.7 Å². The van der Waals surface area contributed by atoms with Gasteiger partial charge in [0.2, 0.25) is 0 Å². The topological polar surface area (TPSA) is 94.1 Å². The summed E-state index contributed by atoms with van der Waals surface area (Å²) in [6, 6.07) is 1.70. The van der Waals surface area contributed by atoms with Gasteiger partial charge in [0.1, 0.15) is 11.5 Å². The fourth-order valence-electron chi connectivity index (χ4n) is 3.37. The van der Waals surface area contributed by atoms with Crippen LogP contribution in [0.15, 0.2) is 33.8 Å². The number of aromatic nitrogens is 1. The average Bonchev–Trinajstić information content (AvgIpc) is 2.86. The van der Waals surface area contributed by atoms with E-state index >= 15 is 0 Å². The molecule has 158 valence electrons. The Balaban J connectivity index is 1.88. The summed E-state index contributed by atoms with van der Waals surface area (Å²) in [7, 11) is 1.12. The zero-order valence-corrected chi connectivity index (χ0v) is 18.3. The predicted octanol–water partition coefficient (Wildman–Crippen LogP) is 0.482. The lowest BCUT2D eigenvalue weighted by molar-refractivity contribution is 0.00578. The largest absolute Gasteiger partial charge is 0.496 e. The fraction of sp³-hybridized carbons (Fsp3) is 0.600. The van der Waals surface area contributed by atoms with E-state index in [0.29, 0.717) is 0 Å². The van der Waals surface area contributed by atoms with Gasteiger partial charge < -0.3 is 24.9 Å². The molecule has 2 fully saturated rings. The van der Waals surface area contributed by atoms with Gasteiger partial charge in [-0.05, 0) is 40.3 Å². The van der Waals surface area contributed by atoms with Crippen molar-refractivity contribution in [3.05, 3.63) is 34.4 Å². The highest BCUT2D eigenvalue weighted by atomic mass is 16.7. The monoisotopic (exact) mass is 401 g/mol. The summed E-state index contributed by atoms with van der Waals surface area (Å²) in [5, 5.41) is 3.34. The van der Waals surface area contributed by atoms with Gasteiger partial charge in [-0.15, -0.1) is 0 Å². The molecule has 0 amide bonds. The number of hydrogen-bond donors (Lipinski definition) is 2. The smallest absolute Gasteiger partial charge is 0.399 e. The molecule has 0 saturated carbocycles. The summed E-state index contributed by atoms with van der Waals surface area (Å²) in [5.74, 6) is 0.286. The van der Waals surface area contributed by atoms with Gasteiger partial charge in [-0.1, -0.05) is 6.92 Å². The Bertz CT molecular complexity index is 875. The summed E-state index contributed by atoms with van der Waals surface area (Å²) < 4.78 is 13.7. The molecular weight excluding hydrogens is 369 g/mol. The minimum atomic E-state index is -0.571. The molecule has 3 heterocycles. The van der Waals surface area contributed by atoms with E-state index in [9.17, 15) is 4.79 Å². The number of amidine groups is 1. The second-order valence-electron chi connectivity index (χ2n) is 8.66. The second kappa shape index (κ2) is 7.97. The lowest BCUT2D eigenvalue weighted by atomic mass is 9.80. The highest BCUT2D eigenvalue weighted by Crippen LogP contribution is 2.36. The number of piperazine rings is 1. The van der Waals surface area contributed by atoms with Gasteiger partial charge in [0.05, 0.1) is 11.2 Å². The third-order valence-corrected chi connectivity index (χ3v) is 5.90. The molecule has 3 N–H and O–H groups in total. The summed E-state index contributed by atoms with van der Waals surface area (Å²) in [6.45, 7) is 13.7. The van der Waals surface area contributed by atoms with Gasteiger partial charge >= 0.3 is 7.12 Å². The van der Waals surface area contributed by atoms with Gasteiger partial charge in [0.25, 0.3) is 5.56 Å². The molecule has 0 aliphatic carbocycles. The number of likely N-dealkylation sites (N-methyl/N-ethyl adjacent to an activating group) is 1. The molecule has 0 aromatic carbocycles. The highest BCUT2D eigenvalue weighted by molar-refractivity contribution is 6.62. The first-order valence-electron chi connectivity index (χ1n) is 10.1. The molecule has 0 atom stereocenters. The molecular formula is C20H32BN5O3. The maximum absolute atomic E-state index is 12.6. The van der Waals surface area contributed by atoms with Crippen molar-refractivity contribution < 1.29 is 9.31 Å². The van der Waals surface area contributed by atoms with Crippen molar-refractivity contribution in [2.24, 2.45) is 17.8 Å². The van der Waals surface area contributed by atoms with Crippen molar-refractivity contribution in [3.8, 4) is 0 Å². The Hall–Kier alpha value is -2.10. The second-order valence-corrected chi connectivity index (χ2v) is 8.66. The standard InChI is InChI=1S/C20H32BN5O3/c1-7-26-9-8-23-15(13-26)11-17(22)24-16-10-14(12-25(6)18(16)27)21-28-19(2,3)20(4,5)29-21/h10-12,23H,7-9,13H2,1-6H3,(H2,22,24)/b15-11-. The quantitative estimate of drug-likeness (QED) is 0.433. The van der Waals surface area contributed by atoms with Crippen LogP contribution in [0.5, 0.6) is 0 Å². The van der Waals surface area contributed by atoms with Crippen molar-refractivity contribution in [2.75, 3.05) is 26.2 Å². The zero-order valence-electron chi connectivity index (χ0n) is 18.3. The van der Waals surface area contributed by atoms with Crippen LogP contribution in [-0.4, -0.2) is 59.8 Å². The van der Waals surface area contributed by atoms with Gasteiger partial charge in [0.15, 0.2) is 0 Å². The first-order valence-corrected chi connectivity index (χ1v) is 10.1. The SMILES string of the molecule is CCN1CCN/C(=C\C(N)=Nc2cc(B3OC(C)(C)C(C)(C)O3)cn(C)c2=O)C1. The number of pyridine rings is 1. The molecule has 0 unspecified atom stereocenters. The lowest BCUT2D eigenvalue weighted by Gasteiger charge is -2.32. The Morgan fingerprint density at radius 1 is 1.34 bits per heavy atom. The van der Waals surface area contributed by atoms with Crippen LogP contribution in [0.3, 0.4) is 0 Å². The zero-order chi connectivity index (χ0) is 21.4. The first-order chi connectivity index (χ1) is 13.5. The number of aliphatic imine (C=N–C) groups is 1. The number of nitrogens with two attached hydrogens (primary N) is 1. The van der Waals surface area contributed by atoms with Crippen LogP contribution in [0.25, 0.3) is 0 Å². The van der Waals surface area contributed by atoms with Crippen LogP contribution in [0.4, 0.5) is 5.69 Å². The Kier molecular flexibility index (Phi) is 5.94. The number of hydrogen-bond acceptors (Lipinski definition) is 6. The van der Waals surface area contributed by atoms with Gasteiger partial charge in [-0.2, -0.15) is 0 Å². The van der Waals surface area contributed by atoms with Crippen LogP contribution in [-0.2, 0) is 16.4 Å². The Morgan fingerprint density at radius 2 is 2.00 bits per heavy atom. The van der Waals surface area contributed by atoms with Crippen LogP contribution in [0.1, 0.15) is 34.6 Å². The molecule has 1 aromatic heterocycles. The minimum Gasteiger partial charge on any atom is -0.399 e. The molecule has 8 nitrogen and oxygen atoms in total. The lowest BCUT2D eigenvalue weighted by Crippen LogP contribution is -2.42. The Labute approximate surface area is 172 Å². The summed E-state index contributed by atoms with van der Waals surface area (Å²) in [5.41, 5.74) is 6.98. The highest BCUT2D eigenvalue weighted by Gasteiger charge is 2.51. The van der Waals surface area contributed by atoms with Crippen LogP contribution in [0, 0.1) is 0 Å². The maximum atomic E-state index is 12.6. The van der Waals surface area contributed by atoms with E-state index in [2.05, 4.69) is 22.1 Å². The molecule has 3 rings (SSSR count). The third-order valence-electron chi connectivity index (χ3n) is 5.90. The fourth-order valence-corrected chi connectivity index (χ4v) is 3.37. The van der Waals surface area contributed by atoms with Crippen LogP contribution < -0.4 is 22.1 Å². The summed E-state index contributed by atoms with van der Waals surface area (Å²) >= 11 is 0. The molecule has 9 heteroatoms. The molecule has 2 aliphatic rings. The van der Waals surface area contributed by atoms with Crippen molar-refractivity contribution in [3.63, 3.8) is 0 Å². The molecule has 2 saturated heterocycles. The normalized spacial score (nSPS) is 23.4. The van der Waals surface area contributed by atoms with Gasteiger partial charge in [0, 0.05) is 50.1 Å². The van der Waals surface area contributed by atoms with E-state index in [1.54, 1.807) is 25.4 Å². The van der Waals surface area contributed by atoms with E-state index in [4.69, 9.17) is 15.0 Å². The van der Waals surface area contributed by atoms with E-state index in [-0.39, 0.29) is 17.1 Å². The molecule has 0 bridgehead atoms. The average molecular weight is 401 g/mol. The third kappa shape index (κ3) is 4.57. The predicted molar refractivity (Wildman–Crippen MR) is 117 cm³/mol. The molecule has 0 radical (unpaired) electrons. The van der Waals surface area contributed by atoms with Crippen molar-refractivity contribution in [1.82, 2.24) is 14.8 Å². The van der Waals surface area contributed by atoms with Crippen molar-refractivity contribution in [1.29, 1.82) is 0 Å². The molecule has 2 aliphatic heterocycles. The molecule has 0 spiro atoms. The summed E-state index contributed by atoms with van der Waals surface area (Å²) in [6.07, 6.45) is 3.52. The van der Waals surface area contributed by atoms with E-state index in [0.717, 1.165) is 37.3 Å². The molecule has 1 aromatic rings. The Morgan fingerprint density at radius 3 is 2.62 bits per heavy atom.